The third-order valence-corrected chi connectivity index (χ3v) is 7.07. The van der Waals surface area contributed by atoms with Crippen LogP contribution >= 0.6 is 23.2 Å². The second-order valence-electron chi connectivity index (χ2n) is 6.93. The number of carbonyl (C=O) groups is 1. The molecule has 1 N–H and O–H groups in total. The van der Waals surface area contributed by atoms with E-state index < -0.39 is 9.84 Å². The van der Waals surface area contributed by atoms with E-state index in [9.17, 15) is 13.2 Å². The second-order valence-corrected chi connectivity index (χ2v) is 10.0. The maximum atomic E-state index is 12.4. The molecule has 0 saturated heterocycles. The van der Waals surface area contributed by atoms with E-state index in [1.165, 1.54) is 12.1 Å². The molecular formula is C23H21Cl2NO3S. The van der Waals surface area contributed by atoms with Gasteiger partial charge in [-0.2, -0.15) is 0 Å². The molecule has 0 unspecified atom stereocenters. The molecule has 0 heterocycles. The fraction of sp³-hybridized carbons (Fsp3) is 0.174. The average molecular weight is 462 g/mol. The van der Waals surface area contributed by atoms with Gasteiger partial charge in [-0.3, -0.25) is 4.79 Å². The summed E-state index contributed by atoms with van der Waals surface area (Å²) < 4.78 is 23.8. The Hall–Kier alpha value is -2.34. The largest absolute Gasteiger partial charge is 0.326 e. The molecule has 0 radical (unpaired) electrons. The zero-order valence-electron chi connectivity index (χ0n) is 16.6. The topological polar surface area (TPSA) is 63.2 Å². The van der Waals surface area contributed by atoms with Gasteiger partial charge in [0.05, 0.1) is 17.1 Å². The number of anilines is 1. The van der Waals surface area contributed by atoms with E-state index in [0.717, 1.165) is 22.3 Å². The van der Waals surface area contributed by atoms with Crippen LogP contribution in [-0.4, -0.2) is 20.1 Å². The fourth-order valence-electron chi connectivity index (χ4n) is 3.12. The van der Waals surface area contributed by atoms with Crippen LogP contribution in [0.2, 0.25) is 10.0 Å². The summed E-state index contributed by atoms with van der Waals surface area (Å²) >= 11 is 12.4. The van der Waals surface area contributed by atoms with Gasteiger partial charge in [0.2, 0.25) is 5.91 Å². The quantitative estimate of drug-likeness (QED) is 0.493. The molecule has 0 aliphatic heterocycles. The molecule has 30 heavy (non-hydrogen) atoms. The number of hydrogen-bond acceptors (Lipinski definition) is 3. The molecule has 4 nitrogen and oxygen atoms in total. The van der Waals surface area contributed by atoms with Crippen molar-refractivity contribution in [2.75, 3.05) is 11.1 Å². The Kier molecular flexibility index (Phi) is 6.86. The molecule has 3 rings (SSSR count). The van der Waals surface area contributed by atoms with Crippen molar-refractivity contribution in [2.45, 2.75) is 25.2 Å². The van der Waals surface area contributed by atoms with Crippen LogP contribution in [0.5, 0.6) is 0 Å². The first-order chi connectivity index (χ1) is 14.2. The number of hydrogen-bond donors (Lipinski definition) is 1. The molecule has 3 aromatic carbocycles. The predicted octanol–water partition coefficient (Wildman–Crippen LogP) is 5.94. The van der Waals surface area contributed by atoms with Crippen LogP contribution in [0.15, 0.2) is 65.6 Å². The number of sulfone groups is 1. The maximum absolute atomic E-state index is 12.4. The van der Waals surface area contributed by atoms with E-state index in [4.69, 9.17) is 23.2 Å². The van der Waals surface area contributed by atoms with Crippen LogP contribution in [-0.2, 0) is 21.1 Å². The second kappa shape index (κ2) is 9.21. The van der Waals surface area contributed by atoms with E-state index >= 15 is 0 Å². The minimum atomic E-state index is -3.25. The Balaban J connectivity index is 1.71. The van der Waals surface area contributed by atoms with Gasteiger partial charge in [0, 0.05) is 21.3 Å². The SMILES string of the molecule is CCS(=O)(=O)c1ccc(CC(=O)Nc2ccc(-c3cc(Cl)ccc3Cl)c(C)c2)cc1. The number of nitrogens with one attached hydrogen (secondary N) is 1. The van der Waals surface area contributed by atoms with Gasteiger partial charge in [0.25, 0.3) is 0 Å². The Labute approximate surface area is 186 Å². The lowest BCUT2D eigenvalue weighted by molar-refractivity contribution is -0.115. The summed E-state index contributed by atoms with van der Waals surface area (Å²) in [5.41, 5.74) is 4.13. The fourth-order valence-corrected chi connectivity index (χ4v) is 4.39. The van der Waals surface area contributed by atoms with Crippen molar-refractivity contribution in [3.05, 3.63) is 81.8 Å². The van der Waals surface area contributed by atoms with Gasteiger partial charge in [-0.05, 0) is 66.1 Å². The van der Waals surface area contributed by atoms with Gasteiger partial charge in [0.15, 0.2) is 9.84 Å². The lowest BCUT2D eigenvalue weighted by atomic mass is 10.00. The first kappa shape index (κ1) is 22.3. The van der Waals surface area contributed by atoms with Gasteiger partial charge in [-0.1, -0.05) is 48.3 Å². The summed E-state index contributed by atoms with van der Waals surface area (Å²) in [6.07, 6.45) is 0.146. The minimum absolute atomic E-state index is 0.0442. The zero-order chi connectivity index (χ0) is 21.9. The molecule has 1 amide bonds. The van der Waals surface area contributed by atoms with E-state index in [1.54, 1.807) is 31.2 Å². The normalized spacial score (nSPS) is 11.3. The molecule has 7 heteroatoms. The predicted molar refractivity (Wildman–Crippen MR) is 123 cm³/mol. The van der Waals surface area contributed by atoms with E-state index in [1.807, 2.05) is 31.2 Å². The van der Waals surface area contributed by atoms with Crippen LogP contribution < -0.4 is 5.32 Å². The number of halogens is 2. The van der Waals surface area contributed by atoms with Crippen LogP contribution in [0.25, 0.3) is 11.1 Å². The van der Waals surface area contributed by atoms with Crippen molar-refractivity contribution in [3.63, 3.8) is 0 Å². The summed E-state index contributed by atoms with van der Waals surface area (Å²) in [5, 5.41) is 4.08. The highest BCUT2D eigenvalue weighted by Crippen LogP contribution is 2.33. The van der Waals surface area contributed by atoms with Gasteiger partial charge in [-0.25, -0.2) is 8.42 Å². The zero-order valence-corrected chi connectivity index (χ0v) is 18.9. The monoisotopic (exact) mass is 461 g/mol. The molecule has 156 valence electrons. The number of benzene rings is 3. The highest BCUT2D eigenvalue weighted by Gasteiger charge is 2.13. The molecule has 0 atom stereocenters. The van der Waals surface area contributed by atoms with Crippen molar-refractivity contribution in [1.82, 2.24) is 0 Å². The molecule has 0 aliphatic rings. The third kappa shape index (κ3) is 5.22. The third-order valence-electron chi connectivity index (χ3n) is 4.76. The molecule has 0 aromatic heterocycles. The Morgan fingerprint density at radius 2 is 1.63 bits per heavy atom. The summed E-state index contributed by atoms with van der Waals surface area (Å²) in [6.45, 7) is 3.54. The highest BCUT2D eigenvalue weighted by atomic mass is 35.5. The molecular weight excluding hydrogens is 441 g/mol. The van der Waals surface area contributed by atoms with Crippen molar-refractivity contribution in [1.29, 1.82) is 0 Å². The number of amides is 1. The van der Waals surface area contributed by atoms with Crippen LogP contribution in [0.4, 0.5) is 5.69 Å². The van der Waals surface area contributed by atoms with Crippen LogP contribution in [0, 0.1) is 6.92 Å². The summed E-state index contributed by atoms with van der Waals surface area (Å²) in [4.78, 5) is 12.7. The lowest BCUT2D eigenvalue weighted by Crippen LogP contribution is -2.14. The van der Waals surface area contributed by atoms with Crippen molar-refractivity contribution in [2.24, 2.45) is 0 Å². The van der Waals surface area contributed by atoms with Crippen molar-refractivity contribution in [3.8, 4) is 11.1 Å². The maximum Gasteiger partial charge on any atom is 0.228 e. The number of rotatable bonds is 6. The highest BCUT2D eigenvalue weighted by molar-refractivity contribution is 7.91. The lowest BCUT2D eigenvalue weighted by Gasteiger charge is -2.12. The number of aryl methyl sites for hydroxylation is 1. The molecule has 0 spiro atoms. The standard InChI is InChI=1S/C23H21Cl2NO3S/c1-3-30(28,29)19-8-4-16(5-9-19)13-23(27)26-18-7-10-20(15(2)12-18)21-14-17(24)6-11-22(21)25/h4-12,14H,3,13H2,1-2H3,(H,26,27). The Morgan fingerprint density at radius 1 is 0.933 bits per heavy atom. The average Bonchev–Trinajstić information content (AvgIpc) is 2.70. The Bertz CT molecular complexity index is 1190. The van der Waals surface area contributed by atoms with E-state index in [0.29, 0.717) is 15.7 Å². The van der Waals surface area contributed by atoms with E-state index in [2.05, 4.69) is 5.32 Å². The van der Waals surface area contributed by atoms with E-state index in [-0.39, 0.29) is 23.0 Å². The van der Waals surface area contributed by atoms with Gasteiger partial charge < -0.3 is 5.32 Å². The minimum Gasteiger partial charge on any atom is -0.326 e. The number of carbonyl (C=O) groups excluding carboxylic acids is 1. The first-order valence-electron chi connectivity index (χ1n) is 9.37. The van der Waals surface area contributed by atoms with Crippen molar-refractivity contribution >= 4 is 44.6 Å². The van der Waals surface area contributed by atoms with Gasteiger partial charge in [-0.15, -0.1) is 0 Å². The summed E-state index contributed by atoms with van der Waals surface area (Å²) in [7, 11) is -3.25. The molecule has 0 aliphatic carbocycles. The van der Waals surface area contributed by atoms with Crippen LogP contribution in [0.3, 0.4) is 0 Å². The smallest absolute Gasteiger partial charge is 0.228 e. The van der Waals surface area contributed by atoms with Crippen molar-refractivity contribution < 1.29 is 13.2 Å². The van der Waals surface area contributed by atoms with Gasteiger partial charge >= 0.3 is 0 Å². The molecule has 0 fully saturated rings. The summed E-state index contributed by atoms with van der Waals surface area (Å²) in [6, 6.07) is 17.3. The molecule has 0 saturated carbocycles. The molecule has 3 aromatic rings. The van der Waals surface area contributed by atoms with Crippen LogP contribution in [0.1, 0.15) is 18.1 Å². The molecule has 0 bridgehead atoms. The first-order valence-corrected chi connectivity index (χ1v) is 11.8. The Morgan fingerprint density at radius 3 is 2.27 bits per heavy atom. The van der Waals surface area contributed by atoms with Gasteiger partial charge in [0.1, 0.15) is 0 Å². The summed E-state index contributed by atoms with van der Waals surface area (Å²) in [5.74, 6) is -0.142.